The van der Waals surface area contributed by atoms with Crippen molar-refractivity contribution in [2.24, 2.45) is 0 Å². The summed E-state index contributed by atoms with van der Waals surface area (Å²) in [5, 5.41) is 11.0. The molecule has 0 saturated carbocycles. The van der Waals surface area contributed by atoms with Crippen molar-refractivity contribution in [2.45, 2.75) is 0 Å². The molecule has 0 unspecified atom stereocenters. The molecule has 0 bridgehead atoms. The van der Waals surface area contributed by atoms with E-state index in [1.54, 1.807) is 24.4 Å². The molecule has 4 heteroatoms. The minimum absolute atomic E-state index is 0.658. The highest BCUT2D eigenvalue weighted by molar-refractivity contribution is 9.10. The van der Waals surface area contributed by atoms with E-state index in [0.29, 0.717) is 5.02 Å². The molecule has 0 aliphatic carbocycles. The Balaban J connectivity index is 2.86. The normalized spacial score (nSPS) is 10.6. The molecule has 0 saturated heterocycles. The fourth-order valence-electron chi connectivity index (χ4n) is 1.22. The number of fused-ring (bicyclic) bond motifs is 1. The summed E-state index contributed by atoms with van der Waals surface area (Å²) >= 11 is 9.10. The largest absolute Gasteiger partial charge is 0.284 e. The van der Waals surface area contributed by atoms with Crippen molar-refractivity contribution in [1.82, 2.24) is 0 Å². The molecule has 1 aromatic heterocycles. The van der Waals surface area contributed by atoms with Gasteiger partial charge in [0.15, 0.2) is 0 Å². The summed E-state index contributed by atoms with van der Waals surface area (Å²) in [5.74, 6) is 0. The fraction of sp³-hybridized carbons (Fsp3) is 0. The minimum Gasteiger partial charge on any atom is -0.284 e. The van der Waals surface area contributed by atoms with Gasteiger partial charge < -0.3 is 0 Å². The van der Waals surface area contributed by atoms with Crippen LogP contribution in [0.2, 0.25) is 5.02 Å². The number of halogens is 2. The number of aromatic nitrogens is 1. The van der Waals surface area contributed by atoms with E-state index in [2.05, 4.69) is 15.9 Å². The molecule has 1 aromatic carbocycles. The molecule has 2 aromatic rings. The van der Waals surface area contributed by atoms with Crippen molar-refractivity contribution >= 4 is 38.4 Å². The third-order valence-electron chi connectivity index (χ3n) is 1.78. The lowest BCUT2D eigenvalue weighted by Gasteiger charge is -1.95. The first-order chi connectivity index (χ1) is 6.16. The molecule has 0 atom stereocenters. The van der Waals surface area contributed by atoms with Crippen LogP contribution in [0, 0.1) is 0 Å². The number of hydrogen-bond acceptors (Lipinski definition) is 1. The smallest absolute Gasteiger partial charge is 0.264 e. The van der Waals surface area contributed by atoms with Crippen LogP contribution in [0.15, 0.2) is 34.9 Å². The maximum Gasteiger partial charge on any atom is 0.264 e. The molecule has 0 radical (unpaired) electrons. The third-order valence-corrected chi connectivity index (χ3v) is 2.44. The molecule has 0 spiro atoms. The average Bonchev–Trinajstić information content (AvgIpc) is 2.02. The van der Waals surface area contributed by atoms with Crippen LogP contribution >= 0.6 is 27.5 Å². The molecular weight excluding hydrogens is 253 g/mol. The van der Waals surface area contributed by atoms with Gasteiger partial charge in [-0.1, -0.05) is 11.6 Å². The standard InChI is InChI=1S/C9H6BrClNO/c10-7-3-6-4-8(11)1-2-9(6)12(13)5-7/h1-5,13H/q+1. The highest BCUT2D eigenvalue weighted by Crippen LogP contribution is 2.19. The van der Waals surface area contributed by atoms with Crippen molar-refractivity contribution in [1.29, 1.82) is 0 Å². The second-order valence-electron chi connectivity index (χ2n) is 2.71. The van der Waals surface area contributed by atoms with Gasteiger partial charge in [-0.25, -0.2) is 0 Å². The van der Waals surface area contributed by atoms with Gasteiger partial charge in [0.25, 0.3) is 5.52 Å². The van der Waals surface area contributed by atoms with E-state index in [9.17, 15) is 5.21 Å². The van der Waals surface area contributed by atoms with Crippen LogP contribution in [0.25, 0.3) is 10.9 Å². The van der Waals surface area contributed by atoms with Gasteiger partial charge in [0, 0.05) is 15.8 Å². The lowest BCUT2D eigenvalue weighted by Crippen LogP contribution is -2.30. The lowest BCUT2D eigenvalue weighted by molar-refractivity contribution is -0.885. The summed E-state index contributed by atoms with van der Waals surface area (Å²) < 4.78 is 1.88. The van der Waals surface area contributed by atoms with Gasteiger partial charge in [0.1, 0.15) is 0 Å². The Bertz CT molecular complexity index is 467. The summed E-state index contributed by atoms with van der Waals surface area (Å²) in [7, 11) is 0. The molecule has 0 fully saturated rings. The van der Waals surface area contributed by atoms with Crippen molar-refractivity contribution in [3.05, 3.63) is 40.0 Å². The second kappa shape index (κ2) is 3.16. The van der Waals surface area contributed by atoms with Gasteiger partial charge in [-0.15, -0.1) is 0 Å². The molecule has 1 heterocycles. The Morgan fingerprint density at radius 2 is 2.08 bits per heavy atom. The van der Waals surface area contributed by atoms with Crippen LogP contribution in [0.4, 0.5) is 0 Å². The van der Waals surface area contributed by atoms with Crippen molar-refractivity contribution in [3.8, 4) is 0 Å². The Labute approximate surface area is 88.5 Å². The van der Waals surface area contributed by atoms with Crippen LogP contribution in [0.1, 0.15) is 0 Å². The second-order valence-corrected chi connectivity index (χ2v) is 4.06. The highest BCUT2D eigenvalue weighted by Gasteiger charge is 2.09. The van der Waals surface area contributed by atoms with Gasteiger partial charge >= 0.3 is 0 Å². The molecule has 0 aliphatic heterocycles. The van der Waals surface area contributed by atoms with E-state index in [4.69, 9.17) is 11.6 Å². The summed E-state index contributed by atoms with van der Waals surface area (Å²) in [6, 6.07) is 7.21. The monoisotopic (exact) mass is 258 g/mol. The van der Waals surface area contributed by atoms with Crippen molar-refractivity contribution in [3.63, 3.8) is 0 Å². The van der Waals surface area contributed by atoms with Crippen LogP contribution in [-0.4, -0.2) is 5.21 Å². The van der Waals surface area contributed by atoms with E-state index in [0.717, 1.165) is 20.1 Å². The maximum absolute atomic E-state index is 9.49. The lowest BCUT2D eigenvalue weighted by atomic mass is 10.2. The number of benzene rings is 1. The molecule has 1 N–H and O–H groups in total. The topological polar surface area (TPSA) is 24.1 Å². The third kappa shape index (κ3) is 1.62. The number of nitrogens with zero attached hydrogens (tertiary/aromatic N) is 1. The first-order valence-corrected chi connectivity index (χ1v) is 4.83. The molecular formula is C9H6BrClNO+. The van der Waals surface area contributed by atoms with Gasteiger partial charge in [-0.05, 0) is 34.1 Å². The predicted molar refractivity (Wildman–Crippen MR) is 54.0 cm³/mol. The van der Waals surface area contributed by atoms with Crippen molar-refractivity contribution < 1.29 is 9.94 Å². The zero-order valence-corrected chi connectivity index (χ0v) is 8.88. The SMILES string of the molecule is O[n+]1cc(Br)cc2cc(Cl)ccc21. The maximum atomic E-state index is 9.49. The number of hydrogen-bond donors (Lipinski definition) is 1. The summed E-state index contributed by atoms with van der Waals surface area (Å²) in [5.41, 5.74) is 0.729. The van der Waals surface area contributed by atoms with E-state index in [1.807, 2.05) is 6.07 Å². The van der Waals surface area contributed by atoms with E-state index in [1.165, 1.54) is 0 Å². The van der Waals surface area contributed by atoms with Crippen molar-refractivity contribution in [2.75, 3.05) is 0 Å². The first-order valence-electron chi connectivity index (χ1n) is 3.66. The van der Waals surface area contributed by atoms with Gasteiger partial charge in [0.05, 0.1) is 9.86 Å². The van der Waals surface area contributed by atoms with Crippen LogP contribution in [-0.2, 0) is 0 Å². The van der Waals surface area contributed by atoms with Crippen LogP contribution < -0.4 is 4.73 Å². The number of pyridine rings is 1. The minimum atomic E-state index is 0.658. The number of rotatable bonds is 0. The zero-order chi connectivity index (χ0) is 9.42. The van der Waals surface area contributed by atoms with Gasteiger partial charge in [-0.3, -0.25) is 5.21 Å². The van der Waals surface area contributed by atoms with E-state index in [-0.39, 0.29) is 0 Å². The average molecular weight is 260 g/mol. The highest BCUT2D eigenvalue weighted by atomic mass is 79.9. The Morgan fingerprint density at radius 3 is 2.85 bits per heavy atom. The molecule has 2 nitrogen and oxygen atoms in total. The molecule has 66 valence electrons. The first kappa shape index (κ1) is 8.78. The summed E-state index contributed by atoms with van der Waals surface area (Å²) in [6.45, 7) is 0. The fourth-order valence-corrected chi connectivity index (χ4v) is 1.84. The van der Waals surface area contributed by atoms with E-state index >= 15 is 0 Å². The predicted octanol–water partition coefficient (Wildman–Crippen LogP) is 2.78. The summed E-state index contributed by atoms with van der Waals surface area (Å²) in [4.78, 5) is 0. The Kier molecular flexibility index (Phi) is 2.14. The summed E-state index contributed by atoms with van der Waals surface area (Å²) in [6.07, 6.45) is 1.58. The zero-order valence-electron chi connectivity index (χ0n) is 6.54. The van der Waals surface area contributed by atoms with Gasteiger partial charge in [0.2, 0.25) is 6.20 Å². The van der Waals surface area contributed by atoms with Crippen LogP contribution in [0.3, 0.4) is 0 Å². The Hall–Kier alpha value is -0.800. The van der Waals surface area contributed by atoms with E-state index < -0.39 is 0 Å². The van der Waals surface area contributed by atoms with Gasteiger partial charge in [-0.2, -0.15) is 0 Å². The quantitative estimate of drug-likeness (QED) is 0.571. The molecule has 0 aliphatic rings. The van der Waals surface area contributed by atoms with Crippen LogP contribution in [0.5, 0.6) is 0 Å². The molecule has 2 rings (SSSR count). The Morgan fingerprint density at radius 1 is 1.31 bits per heavy atom. The molecule has 0 amide bonds. The molecule has 13 heavy (non-hydrogen) atoms.